The topological polar surface area (TPSA) is 34.4 Å². The smallest absolute Gasteiger partial charge is 0.135 e. The van der Waals surface area contributed by atoms with Gasteiger partial charge in [-0.1, -0.05) is 48.5 Å². The zero-order valence-corrected chi connectivity index (χ0v) is 11.7. The van der Waals surface area contributed by atoms with Gasteiger partial charge in [0.1, 0.15) is 17.4 Å². The van der Waals surface area contributed by atoms with Crippen LogP contribution in [-0.2, 0) is 4.74 Å². The molecule has 1 fully saturated rings. The van der Waals surface area contributed by atoms with Gasteiger partial charge < -0.3 is 14.5 Å². The van der Waals surface area contributed by atoms with Gasteiger partial charge in [-0.05, 0) is 17.7 Å². The zero-order chi connectivity index (χ0) is 14.1. The quantitative estimate of drug-likeness (QED) is 0.774. The molecule has 21 heavy (non-hydrogen) atoms. The number of fused-ring (bicyclic) bond motifs is 1. The molecule has 2 heterocycles. The molecule has 0 spiro atoms. The van der Waals surface area contributed by atoms with E-state index in [0.29, 0.717) is 0 Å². The van der Waals surface area contributed by atoms with Gasteiger partial charge in [-0.2, -0.15) is 0 Å². The highest BCUT2D eigenvalue weighted by Crippen LogP contribution is 2.32. The molecular formula is C18H17NO2. The van der Waals surface area contributed by atoms with E-state index >= 15 is 0 Å². The van der Waals surface area contributed by atoms with Gasteiger partial charge >= 0.3 is 0 Å². The first-order valence-corrected chi connectivity index (χ1v) is 7.30. The molecule has 106 valence electrons. The summed E-state index contributed by atoms with van der Waals surface area (Å²) in [4.78, 5) is 0. The van der Waals surface area contributed by atoms with Crippen molar-refractivity contribution in [2.24, 2.45) is 0 Å². The Kier molecular flexibility index (Phi) is 3.22. The van der Waals surface area contributed by atoms with Crippen molar-refractivity contribution in [1.29, 1.82) is 0 Å². The number of nitrogens with one attached hydrogen (secondary N) is 1. The molecule has 2 unspecified atom stereocenters. The Hall–Kier alpha value is -2.10. The van der Waals surface area contributed by atoms with Crippen molar-refractivity contribution in [3.05, 3.63) is 72.0 Å². The third-order valence-corrected chi connectivity index (χ3v) is 3.92. The van der Waals surface area contributed by atoms with Crippen molar-refractivity contribution >= 4 is 11.0 Å². The number of hydrogen-bond acceptors (Lipinski definition) is 3. The maximum Gasteiger partial charge on any atom is 0.135 e. The van der Waals surface area contributed by atoms with Gasteiger partial charge in [-0.3, -0.25) is 0 Å². The second kappa shape index (κ2) is 5.35. The van der Waals surface area contributed by atoms with E-state index in [1.165, 1.54) is 5.56 Å². The molecule has 0 aliphatic carbocycles. The summed E-state index contributed by atoms with van der Waals surface area (Å²) in [5.41, 5.74) is 2.11. The largest absolute Gasteiger partial charge is 0.458 e. The Bertz CT molecular complexity index is 702. The number of ether oxygens (including phenoxy) is 1. The number of benzene rings is 2. The van der Waals surface area contributed by atoms with E-state index in [4.69, 9.17) is 9.15 Å². The van der Waals surface area contributed by atoms with Gasteiger partial charge in [-0.25, -0.2) is 0 Å². The molecule has 3 nitrogen and oxygen atoms in total. The van der Waals surface area contributed by atoms with Gasteiger partial charge in [0.25, 0.3) is 0 Å². The summed E-state index contributed by atoms with van der Waals surface area (Å²) in [5, 5.41) is 4.56. The van der Waals surface area contributed by atoms with Crippen molar-refractivity contribution in [3.8, 4) is 0 Å². The summed E-state index contributed by atoms with van der Waals surface area (Å²) >= 11 is 0. The molecule has 0 saturated carbocycles. The van der Waals surface area contributed by atoms with Crippen molar-refractivity contribution in [1.82, 2.24) is 5.32 Å². The third-order valence-electron chi connectivity index (χ3n) is 3.92. The minimum absolute atomic E-state index is 0.0450. The van der Waals surface area contributed by atoms with Crippen LogP contribution in [0.5, 0.6) is 0 Å². The molecule has 3 aromatic rings. The number of rotatable bonds is 2. The fourth-order valence-electron chi connectivity index (χ4n) is 2.83. The van der Waals surface area contributed by atoms with Gasteiger partial charge in [0.15, 0.2) is 0 Å². The van der Waals surface area contributed by atoms with E-state index in [1.54, 1.807) is 0 Å². The van der Waals surface area contributed by atoms with E-state index in [-0.39, 0.29) is 12.2 Å². The average Bonchev–Trinajstić information content (AvgIpc) is 3.00. The molecule has 0 bridgehead atoms. The summed E-state index contributed by atoms with van der Waals surface area (Å²) in [5.74, 6) is 0.893. The van der Waals surface area contributed by atoms with Crippen LogP contribution >= 0.6 is 0 Å². The number of hydrogen-bond donors (Lipinski definition) is 1. The molecule has 1 aliphatic rings. The molecule has 1 saturated heterocycles. The molecule has 2 aromatic carbocycles. The standard InChI is InChI=1S/C18H17NO2/c1-2-6-13(7-3-1)17-11-19-12-18(21-17)16-10-14-8-4-5-9-15(14)20-16/h1-10,17-19H,11-12H2. The van der Waals surface area contributed by atoms with Crippen LogP contribution in [-0.4, -0.2) is 13.1 Å². The summed E-state index contributed by atoms with van der Waals surface area (Å²) in [6, 6.07) is 20.5. The lowest BCUT2D eigenvalue weighted by atomic mass is 10.1. The Morgan fingerprint density at radius 2 is 1.62 bits per heavy atom. The van der Waals surface area contributed by atoms with Gasteiger partial charge in [0.05, 0.1) is 6.10 Å². The minimum Gasteiger partial charge on any atom is -0.458 e. The van der Waals surface area contributed by atoms with Crippen molar-refractivity contribution in [2.75, 3.05) is 13.1 Å². The molecule has 1 N–H and O–H groups in total. The van der Waals surface area contributed by atoms with Crippen LogP contribution in [0.15, 0.2) is 65.1 Å². The normalized spacial score (nSPS) is 22.5. The third kappa shape index (κ3) is 2.46. The minimum atomic E-state index is -0.0450. The fourth-order valence-corrected chi connectivity index (χ4v) is 2.83. The van der Waals surface area contributed by atoms with E-state index in [0.717, 1.165) is 29.8 Å². The van der Waals surface area contributed by atoms with Gasteiger partial charge in [-0.15, -0.1) is 0 Å². The number of para-hydroxylation sites is 1. The van der Waals surface area contributed by atoms with Gasteiger partial charge in [0.2, 0.25) is 0 Å². The molecular weight excluding hydrogens is 262 g/mol. The van der Waals surface area contributed by atoms with Crippen LogP contribution in [0.4, 0.5) is 0 Å². The second-order valence-corrected chi connectivity index (χ2v) is 5.37. The highest BCUT2D eigenvalue weighted by Gasteiger charge is 2.26. The van der Waals surface area contributed by atoms with Crippen molar-refractivity contribution < 1.29 is 9.15 Å². The van der Waals surface area contributed by atoms with E-state index in [9.17, 15) is 0 Å². The van der Waals surface area contributed by atoms with E-state index < -0.39 is 0 Å². The predicted molar refractivity (Wildman–Crippen MR) is 82.1 cm³/mol. The van der Waals surface area contributed by atoms with E-state index in [1.807, 2.05) is 36.4 Å². The zero-order valence-electron chi connectivity index (χ0n) is 11.7. The Morgan fingerprint density at radius 3 is 2.48 bits per heavy atom. The SMILES string of the molecule is c1ccc(C2CNCC(c3cc4ccccc4o3)O2)cc1. The van der Waals surface area contributed by atoms with Crippen LogP contribution in [0.2, 0.25) is 0 Å². The highest BCUT2D eigenvalue weighted by molar-refractivity contribution is 5.77. The molecule has 0 amide bonds. The molecule has 2 atom stereocenters. The molecule has 1 aliphatic heterocycles. The Labute approximate surface area is 123 Å². The lowest BCUT2D eigenvalue weighted by molar-refractivity contribution is -0.0497. The maximum absolute atomic E-state index is 6.23. The van der Waals surface area contributed by atoms with Gasteiger partial charge in [0, 0.05) is 18.5 Å². The maximum atomic E-state index is 6.23. The summed E-state index contributed by atoms with van der Waals surface area (Å²) in [6.07, 6.45) is 0.0227. The molecule has 4 rings (SSSR count). The fraction of sp³-hybridized carbons (Fsp3) is 0.222. The molecule has 1 aromatic heterocycles. The first kappa shape index (κ1) is 12.6. The first-order chi connectivity index (χ1) is 10.4. The number of furan rings is 1. The lowest BCUT2D eigenvalue weighted by Crippen LogP contribution is -2.35. The number of morpholine rings is 1. The van der Waals surface area contributed by atoms with Crippen molar-refractivity contribution in [3.63, 3.8) is 0 Å². The Morgan fingerprint density at radius 1 is 0.857 bits per heavy atom. The monoisotopic (exact) mass is 279 g/mol. The summed E-state index contributed by atoms with van der Waals surface area (Å²) in [6.45, 7) is 1.61. The second-order valence-electron chi connectivity index (χ2n) is 5.37. The Balaban J connectivity index is 1.60. The highest BCUT2D eigenvalue weighted by atomic mass is 16.5. The van der Waals surface area contributed by atoms with Crippen LogP contribution in [0.1, 0.15) is 23.5 Å². The molecule has 3 heteroatoms. The summed E-state index contributed by atoms with van der Waals surface area (Å²) < 4.78 is 12.2. The summed E-state index contributed by atoms with van der Waals surface area (Å²) in [7, 11) is 0. The predicted octanol–water partition coefficient (Wildman–Crippen LogP) is 3.84. The van der Waals surface area contributed by atoms with Crippen LogP contribution in [0.25, 0.3) is 11.0 Å². The lowest BCUT2D eigenvalue weighted by Gasteiger charge is -2.30. The first-order valence-electron chi connectivity index (χ1n) is 7.30. The van der Waals surface area contributed by atoms with E-state index in [2.05, 4.69) is 29.6 Å². The van der Waals surface area contributed by atoms with Crippen molar-refractivity contribution in [2.45, 2.75) is 12.2 Å². The molecule has 0 radical (unpaired) electrons. The average molecular weight is 279 g/mol. The van der Waals surface area contributed by atoms with Crippen LogP contribution in [0.3, 0.4) is 0 Å². The van der Waals surface area contributed by atoms with Crippen LogP contribution < -0.4 is 5.32 Å². The van der Waals surface area contributed by atoms with Crippen LogP contribution in [0, 0.1) is 0 Å².